The molecule has 0 aromatic carbocycles. The van der Waals surface area contributed by atoms with Crippen molar-refractivity contribution < 1.29 is 8.42 Å². The first-order valence-electron chi connectivity index (χ1n) is 3.46. The molecule has 70 valence electrons. The summed E-state index contributed by atoms with van der Waals surface area (Å²) in [5.74, 6) is -0.0831. The highest BCUT2D eigenvalue weighted by atomic mass is 32.2. The Morgan fingerprint density at radius 1 is 1.62 bits per heavy atom. The number of hydrogen-bond donors (Lipinski definition) is 0. The Bertz CT molecular complexity index is 453. The predicted octanol–water partition coefficient (Wildman–Crippen LogP) is 0.868. The number of nitrogens with zero attached hydrogens (tertiary/aromatic N) is 2. The van der Waals surface area contributed by atoms with Gasteiger partial charge in [-0.3, -0.25) is 0 Å². The first-order valence-corrected chi connectivity index (χ1v) is 6.34. The van der Waals surface area contributed by atoms with Crippen LogP contribution in [0.25, 0.3) is 0 Å². The summed E-state index contributed by atoms with van der Waals surface area (Å²) in [5, 5.41) is 9.08. The van der Waals surface area contributed by atoms with E-state index in [1.807, 2.05) is 6.07 Å². The van der Waals surface area contributed by atoms with Crippen LogP contribution in [0.1, 0.15) is 15.6 Å². The number of aryl methyl sites for hydroxylation is 1. The lowest BCUT2D eigenvalue weighted by atomic mass is 10.4. The first-order chi connectivity index (χ1) is 5.92. The molecule has 0 aliphatic rings. The maximum atomic E-state index is 10.9. The van der Waals surface area contributed by atoms with Gasteiger partial charge in [0.25, 0.3) is 0 Å². The Kier molecular flexibility index (Phi) is 2.68. The monoisotopic (exact) mass is 216 g/mol. The summed E-state index contributed by atoms with van der Waals surface area (Å²) in [6, 6.07) is 1.96. The van der Waals surface area contributed by atoms with Crippen LogP contribution >= 0.6 is 11.3 Å². The lowest BCUT2D eigenvalue weighted by Gasteiger charge is -1.90. The van der Waals surface area contributed by atoms with Gasteiger partial charge in [-0.15, -0.1) is 11.3 Å². The second-order valence-corrected chi connectivity index (χ2v) is 5.93. The molecule has 13 heavy (non-hydrogen) atoms. The van der Waals surface area contributed by atoms with Gasteiger partial charge in [-0.2, -0.15) is 5.26 Å². The van der Waals surface area contributed by atoms with Crippen LogP contribution in [0, 0.1) is 18.3 Å². The Morgan fingerprint density at radius 3 is 2.62 bits per heavy atom. The zero-order valence-corrected chi connectivity index (χ0v) is 8.87. The zero-order chi connectivity index (χ0) is 10.1. The molecule has 0 amide bonds. The van der Waals surface area contributed by atoms with Crippen LogP contribution in [0.3, 0.4) is 0 Å². The second-order valence-electron chi connectivity index (χ2n) is 2.70. The number of rotatable bonds is 2. The highest BCUT2D eigenvalue weighted by Crippen LogP contribution is 2.18. The van der Waals surface area contributed by atoms with Crippen LogP contribution in [-0.2, 0) is 15.6 Å². The van der Waals surface area contributed by atoms with Crippen LogP contribution in [-0.4, -0.2) is 19.7 Å². The summed E-state index contributed by atoms with van der Waals surface area (Å²) in [4.78, 5) is 4.47. The third-order valence-corrected chi connectivity index (χ3v) is 3.37. The van der Waals surface area contributed by atoms with Crippen molar-refractivity contribution in [2.24, 2.45) is 0 Å². The molecule has 0 spiro atoms. The second kappa shape index (κ2) is 3.44. The van der Waals surface area contributed by atoms with Gasteiger partial charge in [0.1, 0.15) is 21.7 Å². The van der Waals surface area contributed by atoms with Crippen molar-refractivity contribution in [3.63, 3.8) is 0 Å². The van der Waals surface area contributed by atoms with E-state index in [2.05, 4.69) is 4.98 Å². The standard InChI is InChI=1S/C7H8N2O2S2/c1-5-6(3-8)12-7(9-5)4-13(2,10)11/h4H2,1-2H3. The van der Waals surface area contributed by atoms with Gasteiger partial charge in [-0.25, -0.2) is 13.4 Å². The van der Waals surface area contributed by atoms with E-state index in [1.54, 1.807) is 6.92 Å². The van der Waals surface area contributed by atoms with Crippen molar-refractivity contribution in [3.8, 4) is 6.07 Å². The van der Waals surface area contributed by atoms with Crippen LogP contribution in [0.4, 0.5) is 0 Å². The fourth-order valence-corrected chi connectivity index (χ4v) is 2.89. The van der Waals surface area contributed by atoms with Crippen LogP contribution in [0.5, 0.6) is 0 Å². The first kappa shape index (κ1) is 10.2. The molecule has 6 heteroatoms. The average molecular weight is 216 g/mol. The van der Waals surface area contributed by atoms with E-state index in [0.717, 1.165) is 17.6 Å². The Balaban J connectivity index is 3.01. The predicted molar refractivity (Wildman–Crippen MR) is 50.1 cm³/mol. The molecular formula is C7H8N2O2S2. The summed E-state index contributed by atoms with van der Waals surface area (Å²) >= 11 is 1.13. The number of nitriles is 1. The Hall–Kier alpha value is -0.930. The van der Waals surface area contributed by atoms with E-state index in [1.165, 1.54) is 0 Å². The maximum Gasteiger partial charge on any atom is 0.153 e. The van der Waals surface area contributed by atoms with Crippen molar-refractivity contribution in [3.05, 3.63) is 15.6 Å². The van der Waals surface area contributed by atoms with Crippen molar-refractivity contribution in [1.29, 1.82) is 5.26 Å². The van der Waals surface area contributed by atoms with Gasteiger partial charge in [0.2, 0.25) is 0 Å². The molecule has 0 bridgehead atoms. The fourth-order valence-electron chi connectivity index (χ4n) is 0.842. The van der Waals surface area contributed by atoms with Crippen molar-refractivity contribution in [2.75, 3.05) is 6.26 Å². The van der Waals surface area contributed by atoms with E-state index >= 15 is 0 Å². The molecule has 1 rings (SSSR count). The summed E-state index contributed by atoms with van der Waals surface area (Å²) in [5.41, 5.74) is 0.603. The lowest BCUT2D eigenvalue weighted by molar-refractivity contribution is 0.601. The Morgan fingerprint density at radius 2 is 2.23 bits per heavy atom. The molecule has 1 aromatic rings. The molecule has 0 atom stereocenters. The highest BCUT2D eigenvalue weighted by Gasteiger charge is 2.11. The molecule has 0 radical (unpaired) electrons. The molecular weight excluding hydrogens is 208 g/mol. The molecule has 0 saturated heterocycles. The van der Waals surface area contributed by atoms with Gasteiger partial charge in [-0.1, -0.05) is 0 Å². The van der Waals surface area contributed by atoms with E-state index in [9.17, 15) is 8.42 Å². The van der Waals surface area contributed by atoms with E-state index in [0.29, 0.717) is 15.6 Å². The summed E-state index contributed by atoms with van der Waals surface area (Å²) in [6.07, 6.45) is 1.15. The molecule has 0 saturated carbocycles. The van der Waals surface area contributed by atoms with Crippen LogP contribution in [0.15, 0.2) is 0 Å². The molecule has 0 aliphatic heterocycles. The minimum absolute atomic E-state index is 0.0831. The molecule has 0 fully saturated rings. The average Bonchev–Trinajstić information content (AvgIpc) is 2.26. The number of aromatic nitrogens is 1. The topological polar surface area (TPSA) is 70.8 Å². The van der Waals surface area contributed by atoms with Crippen molar-refractivity contribution in [1.82, 2.24) is 4.98 Å². The fraction of sp³-hybridized carbons (Fsp3) is 0.429. The third kappa shape index (κ3) is 2.79. The summed E-state index contributed by atoms with van der Waals surface area (Å²) in [7, 11) is -3.05. The van der Waals surface area contributed by atoms with Crippen LogP contribution < -0.4 is 0 Å². The minimum Gasteiger partial charge on any atom is -0.244 e. The maximum absolute atomic E-state index is 10.9. The normalized spacial score (nSPS) is 11.2. The summed E-state index contributed by atoms with van der Waals surface area (Å²) in [6.45, 7) is 1.70. The highest BCUT2D eigenvalue weighted by molar-refractivity contribution is 7.90. The molecule has 0 unspecified atom stereocenters. The summed E-state index contributed by atoms with van der Waals surface area (Å²) < 4.78 is 21.8. The number of thiazole rings is 1. The van der Waals surface area contributed by atoms with Gasteiger partial charge in [0.15, 0.2) is 9.84 Å². The molecule has 0 aliphatic carbocycles. The molecule has 4 nitrogen and oxygen atoms in total. The van der Waals surface area contributed by atoms with E-state index < -0.39 is 9.84 Å². The Labute approximate surface area is 80.8 Å². The molecule has 1 heterocycles. The molecule has 0 N–H and O–H groups in total. The number of hydrogen-bond acceptors (Lipinski definition) is 5. The van der Waals surface area contributed by atoms with Gasteiger partial charge in [0, 0.05) is 6.26 Å². The van der Waals surface area contributed by atoms with Crippen molar-refractivity contribution >= 4 is 21.2 Å². The molecule has 1 aromatic heterocycles. The van der Waals surface area contributed by atoms with Gasteiger partial charge < -0.3 is 0 Å². The lowest BCUT2D eigenvalue weighted by Crippen LogP contribution is -1.99. The van der Waals surface area contributed by atoms with E-state index in [-0.39, 0.29) is 5.75 Å². The largest absolute Gasteiger partial charge is 0.244 e. The SMILES string of the molecule is Cc1nc(CS(C)(=O)=O)sc1C#N. The third-order valence-electron chi connectivity index (χ3n) is 1.33. The van der Waals surface area contributed by atoms with Gasteiger partial charge in [-0.05, 0) is 6.92 Å². The van der Waals surface area contributed by atoms with Gasteiger partial charge in [0.05, 0.1) is 5.69 Å². The van der Waals surface area contributed by atoms with Crippen molar-refractivity contribution in [2.45, 2.75) is 12.7 Å². The van der Waals surface area contributed by atoms with Crippen LogP contribution in [0.2, 0.25) is 0 Å². The van der Waals surface area contributed by atoms with E-state index in [4.69, 9.17) is 5.26 Å². The minimum atomic E-state index is -3.05. The number of sulfone groups is 1. The zero-order valence-electron chi connectivity index (χ0n) is 7.23. The van der Waals surface area contributed by atoms with Gasteiger partial charge >= 0.3 is 0 Å². The quantitative estimate of drug-likeness (QED) is 0.735. The smallest absolute Gasteiger partial charge is 0.153 e.